The summed E-state index contributed by atoms with van der Waals surface area (Å²) in [5.41, 5.74) is 8.52. The molecule has 2 heterocycles. The Hall–Kier alpha value is -2.37. The Morgan fingerprint density at radius 3 is 2.79 bits per heavy atom. The van der Waals surface area contributed by atoms with Crippen molar-refractivity contribution in [2.45, 2.75) is 38.1 Å². The summed E-state index contributed by atoms with van der Waals surface area (Å²) in [6.07, 6.45) is 4.67. The van der Waals surface area contributed by atoms with Crippen LogP contribution in [-0.4, -0.2) is 32.1 Å². The quantitative estimate of drug-likeness (QED) is 0.914. The van der Waals surface area contributed by atoms with Gasteiger partial charge < -0.3 is 10.6 Å². The first-order valence-corrected chi connectivity index (χ1v) is 8.67. The van der Waals surface area contributed by atoms with Crippen LogP contribution in [-0.2, 0) is 24.7 Å². The summed E-state index contributed by atoms with van der Waals surface area (Å²) >= 11 is 0. The van der Waals surface area contributed by atoms with Gasteiger partial charge in [0.25, 0.3) is 0 Å². The minimum atomic E-state index is -0.0295. The zero-order valence-corrected chi connectivity index (χ0v) is 14.0. The summed E-state index contributed by atoms with van der Waals surface area (Å²) in [5, 5.41) is 4.39. The molecule has 1 aromatic heterocycles. The van der Waals surface area contributed by atoms with E-state index in [1.807, 2.05) is 4.90 Å². The number of likely N-dealkylation sites (tertiary alicyclic amines) is 1. The van der Waals surface area contributed by atoms with Gasteiger partial charge in [0.2, 0.25) is 11.9 Å². The first kappa shape index (κ1) is 15.2. The van der Waals surface area contributed by atoms with E-state index in [0.717, 1.165) is 38.6 Å². The number of benzene rings is 1. The second-order valence-electron chi connectivity index (χ2n) is 6.85. The Morgan fingerprint density at radius 1 is 1.25 bits per heavy atom. The van der Waals surface area contributed by atoms with Crippen LogP contribution in [0.5, 0.6) is 0 Å². The number of nitrogens with zero attached hydrogens (tertiary/aromatic N) is 4. The predicted octanol–water partition coefficient (Wildman–Crippen LogP) is 1.87. The molecule has 2 aliphatic rings. The number of aromatic nitrogens is 3. The molecule has 2 N–H and O–H groups in total. The molecule has 126 valence electrons. The fraction of sp³-hybridized carbons (Fsp3) is 0.500. The highest BCUT2D eigenvalue weighted by Gasteiger charge is 2.37. The van der Waals surface area contributed by atoms with Crippen LogP contribution >= 0.6 is 0 Å². The summed E-state index contributed by atoms with van der Waals surface area (Å²) in [5.74, 6) is 1.40. The molecule has 2 aromatic rings. The van der Waals surface area contributed by atoms with E-state index in [4.69, 9.17) is 5.73 Å². The van der Waals surface area contributed by atoms with Crippen molar-refractivity contribution in [2.75, 3.05) is 12.3 Å². The molecule has 0 saturated carbocycles. The van der Waals surface area contributed by atoms with Crippen molar-refractivity contribution in [3.8, 4) is 0 Å². The molecule has 1 amide bonds. The molecule has 2 atom stereocenters. The third-order valence-electron chi connectivity index (χ3n) is 5.34. The number of hydrogen-bond acceptors (Lipinski definition) is 4. The molecule has 6 nitrogen and oxygen atoms in total. The molecule has 1 aliphatic carbocycles. The van der Waals surface area contributed by atoms with Gasteiger partial charge in [-0.05, 0) is 43.2 Å². The van der Waals surface area contributed by atoms with E-state index in [2.05, 4.69) is 34.3 Å². The first-order chi connectivity index (χ1) is 11.6. The van der Waals surface area contributed by atoms with Gasteiger partial charge in [0.1, 0.15) is 0 Å². The zero-order valence-electron chi connectivity index (χ0n) is 14.0. The SMILES string of the molecule is Cn1nc(C2CCCN2C(=O)C2CCc3ccccc3C2)nc1N. The van der Waals surface area contributed by atoms with E-state index >= 15 is 0 Å². The molecule has 0 bridgehead atoms. The molecule has 1 aliphatic heterocycles. The summed E-state index contributed by atoms with van der Waals surface area (Å²) < 4.78 is 1.58. The average molecular weight is 325 g/mol. The second kappa shape index (κ2) is 5.92. The van der Waals surface area contributed by atoms with E-state index in [1.54, 1.807) is 11.7 Å². The monoisotopic (exact) mass is 325 g/mol. The van der Waals surface area contributed by atoms with Crippen LogP contribution in [0.25, 0.3) is 0 Å². The largest absolute Gasteiger partial charge is 0.368 e. The van der Waals surface area contributed by atoms with Crippen LogP contribution in [0.15, 0.2) is 24.3 Å². The molecule has 0 radical (unpaired) electrons. The maximum atomic E-state index is 13.1. The van der Waals surface area contributed by atoms with Gasteiger partial charge in [0, 0.05) is 19.5 Å². The fourth-order valence-corrected chi connectivity index (χ4v) is 4.00. The van der Waals surface area contributed by atoms with Crippen molar-refractivity contribution in [3.05, 3.63) is 41.2 Å². The smallest absolute Gasteiger partial charge is 0.226 e. The number of nitrogen functional groups attached to an aromatic ring is 1. The number of nitrogens with two attached hydrogens (primary N) is 1. The average Bonchev–Trinajstić information content (AvgIpc) is 3.21. The molecule has 1 saturated heterocycles. The van der Waals surface area contributed by atoms with Gasteiger partial charge in [0.15, 0.2) is 5.82 Å². The van der Waals surface area contributed by atoms with Crippen molar-refractivity contribution in [1.29, 1.82) is 0 Å². The molecular formula is C18H23N5O. The van der Waals surface area contributed by atoms with Gasteiger partial charge in [-0.3, -0.25) is 4.79 Å². The van der Waals surface area contributed by atoms with Gasteiger partial charge in [-0.15, -0.1) is 0 Å². The van der Waals surface area contributed by atoms with E-state index < -0.39 is 0 Å². The minimum absolute atomic E-state index is 0.0295. The molecule has 1 fully saturated rings. The third-order valence-corrected chi connectivity index (χ3v) is 5.34. The normalized spacial score (nSPS) is 23.3. The Labute approximate surface area is 141 Å². The molecule has 6 heteroatoms. The van der Waals surface area contributed by atoms with Crippen molar-refractivity contribution in [2.24, 2.45) is 13.0 Å². The van der Waals surface area contributed by atoms with Crippen LogP contribution in [0.3, 0.4) is 0 Å². The van der Waals surface area contributed by atoms with Gasteiger partial charge in [-0.1, -0.05) is 24.3 Å². The summed E-state index contributed by atoms with van der Waals surface area (Å²) in [6.45, 7) is 0.791. The summed E-state index contributed by atoms with van der Waals surface area (Å²) in [4.78, 5) is 19.4. The van der Waals surface area contributed by atoms with Crippen LogP contribution in [0.1, 0.15) is 42.3 Å². The lowest BCUT2D eigenvalue weighted by atomic mass is 9.83. The Bertz CT molecular complexity index is 749. The third kappa shape index (κ3) is 2.56. The topological polar surface area (TPSA) is 77.0 Å². The maximum Gasteiger partial charge on any atom is 0.226 e. The maximum absolute atomic E-state index is 13.1. The predicted molar refractivity (Wildman–Crippen MR) is 91.1 cm³/mol. The molecule has 0 spiro atoms. The molecule has 4 rings (SSSR count). The van der Waals surface area contributed by atoms with E-state index in [9.17, 15) is 4.79 Å². The highest BCUT2D eigenvalue weighted by Crippen LogP contribution is 2.34. The van der Waals surface area contributed by atoms with Crippen LogP contribution in [0.2, 0.25) is 0 Å². The van der Waals surface area contributed by atoms with Crippen molar-refractivity contribution >= 4 is 11.9 Å². The molecule has 24 heavy (non-hydrogen) atoms. The van der Waals surface area contributed by atoms with Crippen molar-refractivity contribution < 1.29 is 4.79 Å². The van der Waals surface area contributed by atoms with Gasteiger partial charge >= 0.3 is 0 Å². The second-order valence-corrected chi connectivity index (χ2v) is 6.85. The van der Waals surface area contributed by atoms with E-state index in [1.165, 1.54) is 11.1 Å². The van der Waals surface area contributed by atoms with Crippen LogP contribution < -0.4 is 5.73 Å². The van der Waals surface area contributed by atoms with Crippen molar-refractivity contribution in [3.63, 3.8) is 0 Å². The standard InChI is InChI=1S/C18H23N5O/c1-22-18(19)20-16(21-22)15-7-4-10-23(15)17(24)14-9-8-12-5-2-3-6-13(12)11-14/h2-3,5-6,14-15H,4,7-11H2,1H3,(H2,19,20,21). The van der Waals surface area contributed by atoms with Crippen LogP contribution in [0, 0.1) is 5.92 Å². The number of aryl methyl sites for hydroxylation is 2. The Kier molecular flexibility index (Phi) is 3.75. The van der Waals surface area contributed by atoms with Gasteiger partial charge in [0.05, 0.1) is 6.04 Å². The Morgan fingerprint density at radius 2 is 2.04 bits per heavy atom. The highest BCUT2D eigenvalue weighted by molar-refractivity contribution is 5.80. The lowest BCUT2D eigenvalue weighted by molar-refractivity contribution is -0.137. The molecule has 1 aromatic carbocycles. The summed E-state index contributed by atoms with van der Waals surface area (Å²) in [7, 11) is 1.78. The number of fused-ring (bicyclic) bond motifs is 1. The van der Waals surface area contributed by atoms with E-state index in [-0.39, 0.29) is 17.9 Å². The number of hydrogen-bond donors (Lipinski definition) is 1. The minimum Gasteiger partial charge on any atom is -0.368 e. The number of carbonyl (C=O) groups excluding carboxylic acids is 1. The molecular weight excluding hydrogens is 302 g/mol. The van der Waals surface area contributed by atoms with E-state index in [0.29, 0.717) is 11.8 Å². The van der Waals surface area contributed by atoms with Gasteiger partial charge in [-0.25, -0.2) is 4.68 Å². The van der Waals surface area contributed by atoms with Gasteiger partial charge in [-0.2, -0.15) is 10.1 Å². The molecule has 2 unspecified atom stereocenters. The zero-order chi connectivity index (χ0) is 16.7. The van der Waals surface area contributed by atoms with Crippen molar-refractivity contribution in [1.82, 2.24) is 19.7 Å². The highest BCUT2D eigenvalue weighted by atomic mass is 16.2. The fourth-order valence-electron chi connectivity index (χ4n) is 4.00. The van der Waals surface area contributed by atoms with Crippen LogP contribution in [0.4, 0.5) is 5.95 Å². The number of anilines is 1. The number of rotatable bonds is 2. The Balaban J connectivity index is 1.53. The lowest BCUT2D eigenvalue weighted by Crippen LogP contribution is -2.38. The number of amides is 1. The lowest BCUT2D eigenvalue weighted by Gasteiger charge is -2.30. The summed E-state index contributed by atoms with van der Waals surface area (Å²) in [6, 6.07) is 8.43. The number of carbonyl (C=O) groups is 1. The first-order valence-electron chi connectivity index (χ1n) is 8.67.